The Morgan fingerprint density at radius 1 is 0.941 bits per heavy atom. The first-order valence-corrected chi connectivity index (χ1v) is 11.2. The molecule has 9 heteroatoms. The minimum absolute atomic E-state index is 0.192. The lowest BCUT2D eigenvalue weighted by molar-refractivity contribution is -0.110. The van der Waals surface area contributed by atoms with E-state index in [4.69, 9.17) is 4.42 Å². The van der Waals surface area contributed by atoms with E-state index in [0.29, 0.717) is 27.3 Å². The molecule has 3 heterocycles. The summed E-state index contributed by atoms with van der Waals surface area (Å²) in [5.41, 5.74) is 2.89. The number of furan rings is 1. The number of anilines is 1. The molecule has 1 aliphatic rings. The normalized spacial score (nSPS) is 14.5. The molecule has 5 aromatic rings. The second-order valence-electron chi connectivity index (χ2n) is 7.46. The summed E-state index contributed by atoms with van der Waals surface area (Å²) in [6, 6.07) is 25.7. The van der Waals surface area contributed by atoms with Gasteiger partial charge in [-0.25, -0.2) is 4.68 Å². The Balaban J connectivity index is 1.47. The van der Waals surface area contributed by atoms with Gasteiger partial charge in [0.15, 0.2) is 16.5 Å². The molecule has 1 amide bonds. The van der Waals surface area contributed by atoms with Crippen molar-refractivity contribution in [1.82, 2.24) is 9.78 Å². The molecule has 1 aliphatic heterocycles. The van der Waals surface area contributed by atoms with Gasteiger partial charge in [0.25, 0.3) is 11.7 Å². The number of hydrogen-bond donors (Lipinski definition) is 1. The zero-order valence-electron chi connectivity index (χ0n) is 17.5. The summed E-state index contributed by atoms with van der Waals surface area (Å²) in [5.74, 6) is -0.500. The third-order valence-electron chi connectivity index (χ3n) is 5.29. The number of carbonyl (C=O) groups excluding carboxylic acids is 2. The highest BCUT2D eigenvalue weighted by Gasteiger charge is 2.26. The minimum atomic E-state index is -0.357. The van der Waals surface area contributed by atoms with E-state index in [1.807, 2.05) is 60.7 Å². The van der Waals surface area contributed by atoms with Crippen LogP contribution in [0.3, 0.4) is 0 Å². The van der Waals surface area contributed by atoms with E-state index in [1.165, 1.54) is 4.68 Å². The molecule has 34 heavy (non-hydrogen) atoms. The molecule has 0 aliphatic carbocycles. The number of nitrogens with one attached hydrogen (secondary N) is 1. The quantitative estimate of drug-likeness (QED) is 0.318. The minimum Gasteiger partial charge on any atom is -0.452 e. The predicted octanol–water partition coefficient (Wildman–Crippen LogP) is 4.17. The zero-order valence-corrected chi connectivity index (χ0v) is 18.3. The highest BCUT2D eigenvalue weighted by Crippen LogP contribution is 2.23. The van der Waals surface area contributed by atoms with Gasteiger partial charge in [0.1, 0.15) is 5.58 Å². The largest absolute Gasteiger partial charge is 0.452 e. The van der Waals surface area contributed by atoms with Crippen molar-refractivity contribution in [3.8, 4) is 5.69 Å². The molecule has 0 saturated carbocycles. The highest BCUT2D eigenvalue weighted by molar-refractivity contribution is 7.11. The van der Waals surface area contributed by atoms with Crippen LogP contribution in [0.15, 0.2) is 99.5 Å². The number of benzene rings is 3. The van der Waals surface area contributed by atoms with E-state index in [2.05, 4.69) is 20.6 Å². The van der Waals surface area contributed by atoms with Crippen molar-refractivity contribution in [2.75, 3.05) is 5.32 Å². The molecular formula is C25H15N5O3S. The van der Waals surface area contributed by atoms with E-state index >= 15 is 0 Å². The Kier molecular flexibility index (Phi) is 4.74. The Labute approximate surface area is 196 Å². The molecule has 0 saturated heterocycles. The molecule has 8 nitrogen and oxygen atoms in total. The molecule has 3 aromatic carbocycles. The van der Waals surface area contributed by atoms with Crippen LogP contribution in [0.25, 0.3) is 16.7 Å². The van der Waals surface area contributed by atoms with Gasteiger partial charge in [0.2, 0.25) is 4.80 Å². The van der Waals surface area contributed by atoms with Crippen LogP contribution in [0.4, 0.5) is 5.69 Å². The zero-order chi connectivity index (χ0) is 23.1. The molecule has 2 aromatic heterocycles. The molecule has 164 valence electrons. The maximum atomic E-state index is 13.2. The van der Waals surface area contributed by atoms with Crippen LogP contribution in [0.2, 0.25) is 0 Å². The van der Waals surface area contributed by atoms with Crippen LogP contribution in [0.5, 0.6) is 0 Å². The molecule has 0 fully saturated rings. The predicted molar refractivity (Wildman–Crippen MR) is 128 cm³/mol. The van der Waals surface area contributed by atoms with E-state index in [9.17, 15) is 9.59 Å². The molecule has 0 unspecified atom stereocenters. The molecule has 1 N–H and O–H groups in total. The van der Waals surface area contributed by atoms with Crippen LogP contribution < -0.4 is 10.1 Å². The van der Waals surface area contributed by atoms with Crippen molar-refractivity contribution >= 4 is 45.4 Å². The molecular weight excluding hydrogens is 450 g/mol. The summed E-state index contributed by atoms with van der Waals surface area (Å²) in [6.45, 7) is 0. The first-order valence-electron chi connectivity index (χ1n) is 10.4. The van der Waals surface area contributed by atoms with Gasteiger partial charge in [-0.15, -0.1) is 10.2 Å². The highest BCUT2D eigenvalue weighted by atomic mass is 32.1. The SMILES string of the molecule is O=C1Nc2ccccc2/C1=N\N=c1\sc(C(=O)c2cc3ccccc3o2)nn1-c1ccccc1. The monoisotopic (exact) mass is 465 g/mol. The number of hydrogen-bond acceptors (Lipinski definition) is 7. The van der Waals surface area contributed by atoms with Gasteiger partial charge in [-0.05, 0) is 30.3 Å². The lowest BCUT2D eigenvalue weighted by Gasteiger charge is -1.99. The van der Waals surface area contributed by atoms with Crippen LogP contribution >= 0.6 is 11.3 Å². The Hall–Kier alpha value is -4.63. The van der Waals surface area contributed by atoms with Crippen molar-refractivity contribution in [3.63, 3.8) is 0 Å². The summed E-state index contributed by atoms with van der Waals surface area (Å²) in [5, 5.41) is 16.8. The van der Waals surface area contributed by atoms with Crippen LogP contribution in [0, 0.1) is 0 Å². The summed E-state index contributed by atoms with van der Waals surface area (Å²) in [6.07, 6.45) is 0. The maximum absolute atomic E-state index is 13.2. The van der Waals surface area contributed by atoms with E-state index < -0.39 is 0 Å². The fourth-order valence-electron chi connectivity index (χ4n) is 3.67. The number of fused-ring (bicyclic) bond motifs is 2. The van der Waals surface area contributed by atoms with Gasteiger partial charge in [-0.3, -0.25) is 9.59 Å². The van der Waals surface area contributed by atoms with Gasteiger partial charge in [-0.2, -0.15) is 5.10 Å². The average molecular weight is 465 g/mol. The Morgan fingerprint density at radius 3 is 2.56 bits per heavy atom. The standard InChI is InChI=1S/C25H15N5O3S/c31-22(20-14-15-8-4-7-13-19(15)33-20)24-29-30(16-9-2-1-3-10-16)25(34-24)28-27-21-17-11-5-6-12-18(17)26-23(21)32/h1-14H,(H,26,27,32)/b28-25+. The second kappa shape index (κ2) is 8.05. The van der Waals surface area contributed by atoms with Gasteiger partial charge >= 0.3 is 0 Å². The third kappa shape index (κ3) is 3.44. The van der Waals surface area contributed by atoms with Crippen molar-refractivity contribution in [2.45, 2.75) is 0 Å². The van der Waals surface area contributed by atoms with Crippen molar-refractivity contribution in [2.24, 2.45) is 10.2 Å². The number of rotatable bonds is 4. The molecule has 0 radical (unpaired) electrons. The molecule has 0 bridgehead atoms. The summed E-state index contributed by atoms with van der Waals surface area (Å²) in [4.78, 5) is 25.9. The first-order chi connectivity index (χ1) is 16.7. The number of nitrogens with zero attached hydrogens (tertiary/aromatic N) is 4. The van der Waals surface area contributed by atoms with Crippen LogP contribution in [-0.4, -0.2) is 27.2 Å². The second-order valence-corrected chi connectivity index (χ2v) is 8.42. The molecule has 0 spiro atoms. The number of amides is 1. The van der Waals surface area contributed by atoms with Crippen molar-refractivity contribution in [1.29, 1.82) is 0 Å². The topological polar surface area (TPSA) is 102 Å². The fourth-order valence-corrected chi connectivity index (χ4v) is 4.47. The van der Waals surface area contributed by atoms with Gasteiger partial charge in [0, 0.05) is 10.9 Å². The summed E-state index contributed by atoms with van der Waals surface area (Å²) < 4.78 is 7.26. The van der Waals surface area contributed by atoms with E-state index in [0.717, 1.165) is 16.7 Å². The first kappa shape index (κ1) is 20.0. The smallest absolute Gasteiger partial charge is 0.276 e. The summed E-state index contributed by atoms with van der Waals surface area (Å²) in [7, 11) is 0. The third-order valence-corrected chi connectivity index (χ3v) is 6.18. The number of ketones is 1. The van der Waals surface area contributed by atoms with Crippen LogP contribution in [0.1, 0.15) is 21.1 Å². The maximum Gasteiger partial charge on any atom is 0.276 e. The Bertz CT molecular complexity index is 1640. The summed E-state index contributed by atoms with van der Waals surface area (Å²) >= 11 is 1.07. The van der Waals surface area contributed by atoms with Crippen LogP contribution in [-0.2, 0) is 4.79 Å². The van der Waals surface area contributed by atoms with Gasteiger partial charge < -0.3 is 9.73 Å². The van der Waals surface area contributed by atoms with Crippen molar-refractivity contribution in [3.05, 3.63) is 106 Å². The van der Waals surface area contributed by atoms with Gasteiger partial charge in [0.05, 0.1) is 11.4 Å². The van der Waals surface area contributed by atoms with Gasteiger partial charge in [-0.1, -0.05) is 65.9 Å². The number of aromatic nitrogens is 2. The lowest BCUT2D eigenvalue weighted by Crippen LogP contribution is -2.16. The average Bonchev–Trinajstić information content (AvgIpc) is 3.57. The number of carbonyl (C=O) groups is 2. The van der Waals surface area contributed by atoms with E-state index in [-0.39, 0.29) is 28.2 Å². The molecule has 6 rings (SSSR count). The number of para-hydroxylation sites is 3. The van der Waals surface area contributed by atoms with Crippen molar-refractivity contribution < 1.29 is 14.0 Å². The fraction of sp³-hybridized carbons (Fsp3) is 0. The Morgan fingerprint density at radius 2 is 1.71 bits per heavy atom. The van der Waals surface area contributed by atoms with E-state index in [1.54, 1.807) is 24.3 Å². The lowest BCUT2D eigenvalue weighted by atomic mass is 10.1. The molecule has 0 atom stereocenters.